The first-order valence-corrected chi connectivity index (χ1v) is 12.6. The highest BCUT2D eigenvalue weighted by Gasteiger charge is 2.24. The summed E-state index contributed by atoms with van der Waals surface area (Å²) >= 11 is 0. The first-order chi connectivity index (χ1) is 16.3. The molecular weight excluding hydrogens is 537 g/mol. The van der Waals surface area contributed by atoms with Gasteiger partial charge in [-0.25, -0.2) is 0 Å². The second-order valence-corrected chi connectivity index (χ2v) is 9.14. The normalized spacial score (nSPS) is 19.6. The third kappa shape index (κ3) is 7.95. The molecule has 0 amide bonds. The first kappa shape index (κ1) is 27.0. The lowest BCUT2D eigenvalue weighted by Gasteiger charge is -2.35. The number of hydrogen-bond acceptors (Lipinski definition) is 3. The molecule has 0 aromatic heterocycles. The third-order valence-electron chi connectivity index (χ3n) is 6.87. The minimum atomic E-state index is 0. The quantitative estimate of drug-likeness (QED) is 0.258. The van der Waals surface area contributed by atoms with Gasteiger partial charge in [-0.1, -0.05) is 60.7 Å². The van der Waals surface area contributed by atoms with Crippen LogP contribution in [0.25, 0.3) is 0 Å². The fourth-order valence-corrected chi connectivity index (χ4v) is 4.97. The maximum absolute atomic E-state index is 6.18. The Labute approximate surface area is 222 Å². The molecule has 1 atom stereocenters. The van der Waals surface area contributed by atoms with Gasteiger partial charge < -0.3 is 19.7 Å². The Balaban J connectivity index is 0.00000324. The molecule has 2 aliphatic heterocycles. The summed E-state index contributed by atoms with van der Waals surface area (Å²) in [6, 6.07) is 21.6. The summed E-state index contributed by atoms with van der Waals surface area (Å²) in [7, 11) is 1.89. The highest BCUT2D eigenvalue weighted by Crippen LogP contribution is 2.27. The molecule has 6 heteroatoms. The molecule has 0 spiro atoms. The molecule has 2 aromatic rings. The van der Waals surface area contributed by atoms with Gasteiger partial charge in [-0.05, 0) is 49.7 Å². The average Bonchev–Trinajstić information content (AvgIpc) is 2.90. The standard InChI is InChI=1S/C28H39N3O2.HI/c1-29-28(31-19-16-25(17-20-31)33-22-26-14-8-9-21-32-26)30-18-15-27(23-10-4-2-5-11-23)24-12-6-3-7-13-24;/h2-7,10-13,25-27H,8-9,14-22H2,1H3,(H,29,30);1H. The minimum absolute atomic E-state index is 0. The van der Waals surface area contributed by atoms with Crippen LogP contribution in [0.1, 0.15) is 55.6 Å². The number of halogens is 1. The van der Waals surface area contributed by atoms with Crippen molar-refractivity contribution in [1.82, 2.24) is 10.2 Å². The molecule has 2 saturated heterocycles. The summed E-state index contributed by atoms with van der Waals surface area (Å²) in [5.41, 5.74) is 2.72. The Hall–Kier alpha value is -1.64. The zero-order valence-electron chi connectivity index (χ0n) is 20.4. The highest BCUT2D eigenvalue weighted by atomic mass is 127. The number of benzene rings is 2. The van der Waals surface area contributed by atoms with E-state index in [1.165, 1.54) is 24.0 Å². The topological polar surface area (TPSA) is 46.1 Å². The van der Waals surface area contributed by atoms with Crippen LogP contribution in [0.3, 0.4) is 0 Å². The van der Waals surface area contributed by atoms with Crippen LogP contribution < -0.4 is 5.32 Å². The van der Waals surface area contributed by atoms with Crippen molar-refractivity contribution in [2.24, 2.45) is 4.99 Å². The van der Waals surface area contributed by atoms with E-state index in [-0.39, 0.29) is 24.0 Å². The molecule has 2 heterocycles. The Bertz CT molecular complexity index is 796. The van der Waals surface area contributed by atoms with E-state index in [0.717, 1.165) is 64.5 Å². The van der Waals surface area contributed by atoms with E-state index in [2.05, 4.69) is 75.9 Å². The van der Waals surface area contributed by atoms with Gasteiger partial charge in [-0.2, -0.15) is 0 Å². The first-order valence-electron chi connectivity index (χ1n) is 12.6. The number of rotatable bonds is 8. The third-order valence-corrected chi connectivity index (χ3v) is 6.87. The van der Waals surface area contributed by atoms with E-state index in [1.807, 2.05) is 7.05 Å². The van der Waals surface area contributed by atoms with E-state index in [4.69, 9.17) is 9.47 Å². The van der Waals surface area contributed by atoms with Crippen molar-refractivity contribution < 1.29 is 9.47 Å². The Kier molecular flexibility index (Phi) is 11.6. The lowest BCUT2D eigenvalue weighted by Crippen LogP contribution is -2.47. The summed E-state index contributed by atoms with van der Waals surface area (Å²) in [4.78, 5) is 6.94. The molecule has 186 valence electrons. The number of hydrogen-bond donors (Lipinski definition) is 1. The van der Waals surface area contributed by atoms with Gasteiger partial charge in [0.2, 0.25) is 0 Å². The van der Waals surface area contributed by atoms with Gasteiger partial charge in [-0.15, -0.1) is 24.0 Å². The monoisotopic (exact) mass is 577 g/mol. The molecule has 0 bridgehead atoms. The minimum Gasteiger partial charge on any atom is -0.376 e. The van der Waals surface area contributed by atoms with Gasteiger partial charge >= 0.3 is 0 Å². The number of nitrogens with one attached hydrogen (secondary N) is 1. The summed E-state index contributed by atoms with van der Waals surface area (Å²) < 4.78 is 12.0. The summed E-state index contributed by atoms with van der Waals surface area (Å²) in [5, 5.41) is 3.62. The predicted molar refractivity (Wildman–Crippen MR) is 150 cm³/mol. The molecule has 2 fully saturated rings. The SMILES string of the molecule is CN=C(NCCC(c1ccccc1)c1ccccc1)N1CCC(OCC2CCCCO2)CC1.I. The van der Waals surface area contributed by atoms with Gasteiger partial charge in [0.25, 0.3) is 0 Å². The molecular formula is C28H40IN3O2. The van der Waals surface area contributed by atoms with Crippen LogP contribution in [0.2, 0.25) is 0 Å². The van der Waals surface area contributed by atoms with Crippen molar-refractivity contribution >= 4 is 29.9 Å². The highest BCUT2D eigenvalue weighted by molar-refractivity contribution is 14.0. The molecule has 34 heavy (non-hydrogen) atoms. The van der Waals surface area contributed by atoms with E-state index in [0.29, 0.717) is 18.1 Å². The van der Waals surface area contributed by atoms with Crippen molar-refractivity contribution in [1.29, 1.82) is 0 Å². The van der Waals surface area contributed by atoms with Crippen molar-refractivity contribution in [2.75, 3.05) is 39.9 Å². The summed E-state index contributed by atoms with van der Waals surface area (Å²) in [6.45, 7) is 4.49. The number of nitrogens with zero attached hydrogens (tertiary/aromatic N) is 2. The van der Waals surface area contributed by atoms with Gasteiger partial charge in [0, 0.05) is 39.2 Å². The van der Waals surface area contributed by atoms with Crippen LogP contribution in [0.4, 0.5) is 0 Å². The number of ether oxygens (including phenoxy) is 2. The summed E-state index contributed by atoms with van der Waals surface area (Å²) in [6.07, 6.45) is 7.35. The lowest BCUT2D eigenvalue weighted by molar-refractivity contribution is -0.0721. The van der Waals surface area contributed by atoms with Crippen LogP contribution in [0.15, 0.2) is 65.7 Å². The van der Waals surface area contributed by atoms with Gasteiger partial charge in [0.15, 0.2) is 5.96 Å². The van der Waals surface area contributed by atoms with Gasteiger partial charge in [-0.3, -0.25) is 4.99 Å². The van der Waals surface area contributed by atoms with Crippen molar-refractivity contribution in [3.63, 3.8) is 0 Å². The predicted octanol–water partition coefficient (Wildman–Crippen LogP) is 5.45. The molecule has 1 unspecified atom stereocenters. The van der Waals surface area contributed by atoms with Crippen LogP contribution in [-0.2, 0) is 9.47 Å². The number of guanidine groups is 1. The van der Waals surface area contributed by atoms with Crippen LogP contribution in [-0.4, -0.2) is 63.0 Å². The maximum atomic E-state index is 6.18. The van der Waals surface area contributed by atoms with Crippen molar-refractivity contribution in [2.45, 2.75) is 56.7 Å². The molecule has 4 rings (SSSR count). The Morgan fingerprint density at radius 3 is 2.21 bits per heavy atom. The van der Waals surface area contributed by atoms with E-state index >= 15 is 0 Å². The van der Waals surface area contributed by atoms with Gasteiger partial charge in [0.05, 0.1) is 18.8 Å². The second kappa shape index (κ2) is 14.7. The van der Waals surface area contributed by atoms with E-state index in [9.17, 15) is 0 Å². The molecule has 2 aromatic carbocycles. The fourth-order valence-electron chi connectivity index (χ4n) is 4.97. The number of aliphatic imine (C=N–C) groups is 1. The number of likely N-dealkylation sites (tertiary alicyclic amines) is 1. The largest absolute Gasteiger partial charge is 0.376 e. The molecule has 0 radical (unpaired) electrons. The van der Waals surface area contributed by atoms with Crippen LogP contribution in [0, 0.1) is 0 Å². The lowest BCUT2D eigenvalue weighted by atomic mass is 9.88. The zero-order chi connectivity index (χ0) is 22.7. The second-order valence-electron chi connectivity index (χ2n) is 9.14. The summed E-state index contributed by atoms with van der Waals surface area (Å²) in [5.74, 6) is 1.38. The van der Waals surface area contributed by atoms with Crippen LogP contribution >= 0.6 is 24.0 Å². The van der Waals surface area contributed by atoms with E-state index < -0.39 is 0 Å². The van der Waals surface area contributed by atoms with Crippen LogP contribution in [0.5, 0.6) is 0 Å². The molecule has 5 nitrogen and oxygen atoms in total. The van der Waals surface area contributed by atoms with E-state index in [1.54, 1.807) is 0 Å². The smallest absolute Gasteiger partial charge is 0.193 e. The Morgan fingerprint density at radius 1 is 1.00 bits per heavy atom. The Morgan fingerprint density at radius 2 is 1.65 bits per heavy atom. The van der Waals surface area contributed by atoms with Crippen molar-refractivity contribution in [3.8, 4) is 0 Å². The number of piperidine rings is 1. The molecule has 2 aliphatic rings. The molecule has 0 aliphatic carbocycles. The molecule has 0 saturated carbocycles. The fraction of sp³-hybridized carbons (Fsp3) is 0.536. The van der Waals surface area contributed by atoms with Gasteiger partial charge in [0.1, 0.15) is 0 Å². The van der Waals surface area contributed by atoms with Crippen molar-refractivity contribution in [3.05, 3.63) is 71.8 Å². The zero-order valence-corrected chi connectivity index (χ0v) is 22.7. The molecule has 1 N–H and O–H groups in total. The maximum Gasteiger partial charge on any atom is 0.193 e. The average molecular weight is 578 g/mol.